The molecule has 0 spiro atoms. The van der Waals surface area contributed by atoms with Gasteiger partial charge in [0.25, 0.3) is 0 Å². The molecule has 198 valence electrons. The van der Waals surface area contributed by atoms with E-state index < -0.39 is 29.4 Å². The van der Waals surface area contributed by atoms with Crippen LogP contribution in [0.15, 0.2) is 90.5 Å². The van der Waals surface area contributed by atoms with E-state index in [1.807, 2.05) is 87.5 Å². The van der Waals surface area contributed by atoms with Gasteiger partial charge in [-0.1, -0.05) is 106 Å². The van der Waals surface area contributed by atoms with Gasteiger partial charge in [0.1, 0.15) is 18.2 Å². The van der Waals surface area contributed by atoms with Crippen LogP contribution < -0.4 is 5.73 Å². The van der Waals surface area contributed by atoms with Gasteiger partial charge in [-0.15, -0.1) is 0 Å². The Kier molecular flexibility index (Phi) is 9.20. The van der Waals surface area contributed by atoms with Crippen LogP contribution in [0.3, 0.4) is 0 Å². The summed E-state index contributed by atoms with van der Waals surface area (Å²) in [5.41, 5.74) is 10.0. The van der Waals surface area contributed by atoms with E-state index in [2.05, 4.69) is 12.1 Å². The fraction of sp³-hybridized carbons (Fsp3) is 0.258. The third-order valence-corrected chi connectivity index (χ3v) is 5.99. The minimum absolute atomic E-state index is 0.0870. The normalized spacial score (nSPS) is 13.4. The number of rotatable bonds is 7. The molecule has 1 aliphatic carbocycles. The van der Waals surface area contributed by atoms with Crippen molar-refractivity contribution in [1.82, 2.24) is 0 Å². The summed E-state index contributed by atoms with van der Waals surface area (Å²) >= 11 is 0. The fourth-order valence-corrected chi connectivity index (χ4v) is 4.27. The standard InChI is InChI=1S/C22H22O4.C9H11NO2/c1-22(2,3)12-18(20(23)24)21(25)26-13-19-16-10-6-4-8-14(16)15-9-5-7-11-17(15)19;10-8(9(11)12)6-7-4-2-1-3-5-7/h4-12,19H,13H2,1-3H3,(H,23,24);1-5,8H,6,10H2,(H,11,12)/t;8-/m.0/s1. The highest BCUT2D eigenvalue weighted by Crippen LogP contribution is 2.44. The Morgan fingerprint density at radius 3 is 1.84 bits per heavy atom. The lowest BCUT2D eigenvalue weighted by Gasteiger charge is -2.16. The van der Waals surface area contributed by atoms with E-state index in [0.29, 0.717) is 6.42 Å². The third-order valence-electron chi connectivity index (χ3n) is 5.99. The first-order valence-electron chi connectivity index (χ1n) is 12.3. The zero-order valence-corrected chi connectivity index (χ0v) is 21.8. The number of carbonyl (C=O) groups is 3. The molecule has 1 atom stereocenters. The molecule has 38 heavy (non-hydrogen) atoms. The molecule has 3 aromatic rings. The van der Waals surface area contributed by atoms with Gasteiger partial charge in [-0.05, 0) is 39.7 Å². The van der Waals surface area contributed by atoms with Crippen molar-refractivity contribution in [3.05, 3.63) is 107 Å². The molecule has 0 heterocycles. The van der Waals surface area contributed by atoms with Crippen LogP contribution in [0.1, 0.15) is 43.4 Å². The van der Waals surface area contributed by atoms with Gasteiger partial charge in [-0.2, -0.15) is 0 Å². The Balaban J connectivity index is 0.000000279. The molecule has 0 saturated heterocycles. The van der Waals surface area contributed by atoms with Gasteiger partial charge in [-0.3, -0.25) is 4.79 Å². The maximum absolute atomic E-state index is 12.4. The van der Waals surface area contributed by atoms with Gasteiger partial charge >= 0.3 is 17.9 Å². The molecule has 0 aromatic heterocycles. The van der Waals surface area contributed by atoms with E-state index >= 15 is 0 Å². The predicted octanol–water partition coefficient (Wildman–Crippen LogP) is 5.04. The number of esters is 1. The number of fused-ring (bicyclic) bond motifs is 3. The molecule has 0 bridgehead atoms. The fourth-order valence-electron chi connectivity index (χ4n) is 4.27. The molecule has 0 aliphatic heterocycles. The van der Waals surface area contributed by atoms with Crippen LogP contribution in [-0.2, 0) is 25.5 Å². The SMILES string of the molecule is CC(C)(C)C=C(C(=O)O)C(=O)OCC1c2ccccc2-c2ccccc21.N[C@@H](Cc1ccccc1)C(=O)O. The van der Waals surface area contributed by atoms with Crippen LogP contribution in [0, 0.1) is 5.41 Å². The second kappa shape index (κ2) is 12.3. The summed E-state index contributed by atoms with van der Waals surface area (Å²) in [5, 5.41) is 17.9. The first-order valence-corrected chi connectivity index (χ1v) is 12.3. The first-order chi connectivity index (χ1) is 18.0. The van der Waals surface area contributed by atoms with Gasteiger partial charge in [0.2, 0.25) is 0 Å². The smallest absolute Gasteiger partial charge is 0.345 e. The molecule has 0 unspecified atom stereocenters. The van der Waals surface area contributed by atoms with E-state index in [0.717, 1.165) is 27.8 Å². The monoisotopic (exact) mass is 515 g/mol. The number of ether oxygens (including phenoxy) is 1. The Bertz CT molecular complexity index is 1280. The van der Waals surface area contributed by atoms with E-state index in [-0.39, 0.29) is 18.1 Å². The lowest BCUT2D eigenvalue weighted by atomic mass is 9.93. The van der Waals surface area contributed by atoms with E-state index in [1.165, 1.54) is 6.08 Å². The zero-order valence-electron chi connectivity index (χ0n) is 21.8. The van der Waals surface area contributed by atoms with E-state index in [1.54, 1.807) is 0 Å². The second-order valence-electron chi connectivity index (χ2n) is 10.2. The van der Waals surface area contributed by atoms with Crippen molar-refractivity contribution in [2.75, 3.05) is 6.61 Å². The molecule has 0 radical (unpaired) electrons. The predicted molar refractivity (Wildman–Crippen MR) is 146 cm³/mol. The van der Waals surface area contributed by atoms with E-state index in [4.69, 9.17) is 15.6 Å². The van der Waals surface area contributed by atoms with Crippen molar-refractivity contribution in [3.8, 4) is 11.1 Å². The Morgan fingerprint density at radius 2 is 1.37 bits per heavy atom. The van der Waals surface area contributed by atoms with Crippen molar-refractivity contribution in [2.24, 2.45) is 11.1 Å². The largest absolute Gasteiger partial charge is 0.480 e. The highest BCUT2D eigenvalue weighted by Gasteiger charge is 2.30. The van der Waals surface area contributed by atoms with Gasteiger partial charge in [0.05, 0.1) is 0 Å². The topological polar surface area (TPSA) is 127 Å². The minimum atomic E-state index is -1.27. The number of carboxylic acid groups (broad SMARTS) is 2. The van der Waals surface area contributed by atoms with Crippen LogP contribution in [0.25, 0.3) is 11.1 Å². The summed E-state index contributed by atoms with van der Waals surface area (Å²) in [6.07, 6.45) is 1.82. The first kappa shape index (κ1) is 28.3. The summed E-state index contributed by atoms with van der Waals surface area (Å²) in [6, 6.07) is 24.6. The van der Waals surface area contributed by atoms with Crippen LogP contribution in [-0.4, -0.2) is 40.8 Å². The highest BCUT2D eigenvalue weighted by molar-refractivity contribution is 6.13. The van der Waals surface area contributed by atoms with Crippen LogP contribution in [0.2, 0.25) is 0 Å². The molecule has 4 N–H and O–H groups in total. The number of aliphatic carboxylic acids is 2. The van der Waals surface area contributed by atoms with Crippen molar-refractivity contribution in [1.29, 1.82) is 0 Å². The number of hydrogen-bond acceptors (Lipinski definition) is 5. The van der Waals surface area contributed by atoms with Crippen LogP contribution in [0.4, 0.5) is 0 Å². The summed E-state index contributed by atoms with van der Waals surface area (Å²) in [4.78, 5) is 34.2. The molecular weight excluding hydrogens is 482 g/mol. The molecular formula is C31H33NO6. The minimum Gasteiger partial charge on any atom is -0.480 e. The average Bonchev–Trinajstić information content (AvgIpc) is 3.20. The average molecular weight is 516 g/mol. The van der Waals surface area contributed by atoms with Gasteiger partial charge in [-0.25, -0.2) is 9.59 Å². The van der Waals surface area contributed by atoms with Crippen LogP contribution in [0.5, 0.6) is 0 Å². The number of benzene rings is 3. The van der Waals surface area contributed by atoms with Gasteiger partial charge in [0.15, 0.2) is 0 Å². The second-order valence-corrected chi connectivity index (χ2v) is 10.2. The summed E-state index contributed by atoms with van der Waals surface area (Å²) in [5.74, 6) is -3.11. The number of allylic oxidation sites excluding steroid dienone is 1. The number of carboxylic acids is 2. The van der Waals surface area contributed by atoms with Crippen molar-refractivity contribution >= 4 is 17.9 Å². The Labute approximate surface area is 222 Å². The molecule has 0 saturated carbocycles. The summed E-state index contributed by atoms with van der Waals surface area (Å²) in [6.45, 7) is 5.63. The molecule has 7 heteroatoms. The quantitative estimate of drug-likeness (QED) is 0.174. The molecule has 1 aliphatic rings. The lowest BCUT2D eigenvalue weighted by molar-refractivity contribution is -0.144. The Morgan fingerprint density at radius 1 is 0.868 bits per heavy atom. The zero-order chi connectivity index (χ0) is 27.9. The molecule has 3 aromatic carbocycles. The van der Waals surface area contributed by atoms with Crippen molar-refractivity contribution < 1.29 is 29.3 Å². The van der Waals surface area contributed by atoms with Crippen molar-refractivity contribution in [3.63, 3.8) is 0 Å². The van der Waals surface area contributed by atoms with Crippen molar-refractivity contribution in [2.45, 2.75) is 39.2 Å². The van der Waals surface area contributed by atoms with Gasteiger partial charge in [0, 0.05) is 5.92 Å². The van der Waals surface area contributed by atoms with E-state index in [9.17, 15) is 19.5 Å². The number of carbonyl (C=O) groups excluding carboxylic acids is 1. The maximum Gasteiger partial charge on any atom is 0.345 e. The summed E-state index contributed by atoms with van der Waals surface area (Å²) in [7, 11) is 0. The lowest BCUT2D eigenvalue weighted by Crippen LogP contribution is -2.32. The molecule has 0 amide bonds. The number of hydrogen-bond donors (Lipinski definition) is 3. The Hall–Kier alpha value is -4.23. The molecule has 4 rings (SSSR count). The maximum atomic E-state index is 12.4. The van der Waals surface area contributed by atoms with Gasteiger partial charge < -0.3 is 20.7 Å². The third kappa shape index (κ3) is 7.40. The van der Waals surface area contributed by atoms with Crippen LogP contribution >= 0.6 is 0 Å². The number of nitrogens with two attached hydrogens (primary N) is 1. The highest BCUT2D eigenvalue weighted by atomic mass is 16.5. The molecule has 7 nitrogen and oxygen atoms in total. The summed E-state index contributed by atoms with van der Waals surface area (Å²) < 4.78 is 5.42. The molecule has 0 fully saturated rings.